The Morgan fingerprint density at radius 3 is 1.75 bits per heavy atom. The molecule has 3 unspecified atom stereocenters. The predicted molar refractivity (Wildman–Crippen MR) is 289 cm³/mol. The molecule has 2 nitrogen and oxygen atoms in total. The summed E-state index contributed by atoms with van der Waals surface area (Å²) in [7, 11) is 0. The molecule has 3 atom stereocenters. The molecule has 0 amide bonds. The van der Waals surface area contributed by atoms with Gasteiger partial charge in [0.05, 0.1) is 22.4 Å². The van der Waals surface area contributed by atoms with Gasteiger partial charge < -0.3 is 9.47 Å². The quantitative estimate of drug-likeness (QED) is 0.148. The minimum atomic E-state index is 0.0555. The maximum absolute atomic E-state index is 2.60. The number of anilines is 3. The normalized spacial score (nSPS) is 17.7. The number of benzene rings is 10. The van der Waals surface area contributed by atoms with Gasteiger partial charge in [0.25, 0.3) is 0 Å². The van der Waals surface area contributed by atoms with Gasteiger partial charge in [0.15, 0.2) is 0 Å². The largest absolute Gasteiger partial charge is 0.309 e. The molecule has 1 aromatic heterocycles. The van der Waals surface area contributed by atoms with Gasteiger partial charge in [0, 0.05) is 38.7 Å². The molecule has 2 fully saturated rings. The highest BCUT2D eigenvalue weighted by atomic mass is 15.1. The smallest absolute Gasteiger partial charge is 0.0543 e. The van der Waals surface area contributed by atoms with Crippen molar-refractivity contribution >= 4 is 38.9 Å². The fraction of sp³-hybridized carbons (Fsp3) is 0.104. The van der Waals surface area contributed by atoms with Crippen molar-refractivity contribution in [3.63, 3.8) is 0 Å². The van der Waals surface area contributed by atoms with E-state index in [1.807, 2.05) is 0 Å². The topological polar surface area (TPSA) is 8.17 Å². The summed E-state index contributed by atoms with van der Waals surface area (Å²) < 4.78 is 2.40. The molecule has 2 bridgehead atoms. The van der Waals surface area contributed by atoms with Crippen molar-refractivity contribution in [1.82, 2.24) is 4.57 Å². The van der Waals surface area contributed by atoms with Crippen LogP contribution in [0.4, 0.5) is 17.1 Å². The van der Waals surface area contributed by atoms with Crippen LogP contribution in [0.5, 0.6) is 0 Å². The van der Waals surface area contributed by atoms with Gasteiger partial charge in [-0.15, -0.1) is 0 Å². The molecule has 14 rings (SSSR count). The maximum atomic E-state index is 2.60. The second-order valence-electron chi connectivity index (χ2n) is 19.6. The molecule has 2 saturated carbocycles. The summed E-state index contributed by atoms with van der Waals surface area (Å²) in [6.45, 7) is 0. The van der Waals surface area contributed by atoms with Crippen LogP contribution in [0.3, 0.4) is 0 Å². The number of fused-ring (bicyclic) bond motifs is 11. The highest BCUT2D eigenvalue weighted by Crippen LogP contribution is 2.67. The Morgan fingerprint density at radius 2 is 0.971 bits per heavy atom. The van der Waals surface area contributed by atoms with Gasteiger partial charge in [-0.1, -0.05) is 194 Å². The van der Waals surface area contributed by atoms with E-state index in [4.69, 9.17) is 0 Å². The number of hydrogen-bond donors (Lipinski definition) is 0. The van der Waals surface area contributed by atoms with Gasteiger partial charge in [-0.25, -0.2) is 0 Å². The van der Waals surface area contributed by atoms with Crippen molar-refractivity contribution in [3.8, 4) is 61.3 Å². The molecule has 1 heterocycles. The number of nitrogens with zero attached hydrogens (tertiary/aromatic N) is 2. The minimum absolute atomic E-state index is 0.0555. The third-order valence-electron chi connectivity index (χ3n) is 16.1. The van der Waals surface area contributed by atoms with Crippen LogP contribution in [0.25, 0.3) is 83.1 Å². The molecule has 10 aromatic carbocycles. The van der Waals surface area contributed by atoms with Crippen molar-refractivity contribution in [1.29, 1.82) is 0 Å². The lowest BCUT2D eigenvalue weighted by Gasteiger charge is -2.37. The minimum Gasteiger partial charge on any atom is -0.309 e. The second-order valence-corrected chi connectivity index (χ2v) is 19.6. The Balaban J connectivity index is 0.993. The van der Waals surface area contributed by atoms with Gasteiger partial charge >= 0.3 is 0 Å². The van der Waals surface area contributed by atoms with Crippen molar-refractivity contribution in [2.45, 2.75) is 31.1 Å². The first kappa shape index (κ1) is 39.9. The molecule has 0 saturated heterocycles. The lowest BCUT2D eigenvalue weighted by molar-refractivity contribution is 0.327. The number of para-hydroxylation sites is 3. The van der Waals surface area contributed by atoms with E-state index in [1.54, 1.807) is 0 Å². The number of rotatable bonds is 8. The van der Waals surface area contributed by atoms with Gasteiger partial charge in [0.1, 0.15) is 0 Å². The van der Waals surface area contributed by atoms with E-state index in [-0.39, 0.29) is 5.41 Å². The second kappa shape index (κ2) is 16.0. The third kappa shape index (κ3) is 6.18. The molecule has 328 valence electrons. The van der Waals surface area contributed by atoms with E-state index < -0.39 is 0 Å². The van der Waals surface area contributed by atoms with Crippen LogP contribution in [0.15, 0.2) is 243 Å². The highest BCUT2D eigenvalue weighted by Gasteiger charge is 2.57. The molecule has 0 aliphatic heterocycles. The number of hydrogen-bond acceptors (Lipinski definition) is 1. The van der Waals surface area contributed by atoms with E-state index in [1.165, 1.54) is 126 Å². The first-order valence-electron chi connectivity index (χ1n) is 24.8. The molecule has 3 aliphatic rings. The van der Waals surface area contributed by atoms with E-state index in [9.17, 15) is 0 Å². The average molecular weight is 883 g/mol. The SMILES string of the molecule is c1ccc(-c2ccccc2-c2ccccc2-c2ccccc2N(c2cccc(-c3ccc4c(c3)c3ccccc3n4-c3ccccc3)c2)c2cccc3c2-c2ccccc2C32CC3CCC2C3)cc1. The fourth-order valence-electron chi connectivity index (χ4n) is 13.3. The molecular weight excluding hydrogens is 833 g/mol. The zero-order chi connectivity index (χ0) is 45.5. The summed E-state index contributed by atoms with van der Waals surface area (Å²) in [4.78, 5) is 2.60. The lowest BCUT2D eigenvalue weighted by atomic mass is 9.67. The maximum Gasteiger partial charge on any atom is 0.0543 e. The standard InChI is InChI=1S/C67H50N2/c1-3-19-46(20-4-1)52-25-7-8-26-53(52)54-27-9-10-28-55(54)56-29-12-15-34-62(56)69(65-36-18-33-61-66(65)58-31-11-14-32-60(58)67(61)44-45-37-39-49(67)41-45)51-24-17-21-47(42-51)48-38-40-64-59(43-48)57-30-13-16-35-63(57)68(64)50-22-5-2-6-23-50/h1-36,38,40,42-43,45,49H,37,39,41,44H2. The van der Waals surface area contributed by atoms with Crippen molar-refractivity contribution in [3.05, 3.63) is 254 Å². The summed E-state index contributed by atoms with van der Waals surface area (Å²) in [5.74, 6) is 1.46. The van der Waals surface area contributed by atoms with E-state index in [2.05, 4.69) is 252 Å². The van der Waals surface area contributed by atoms with Crippen LogP contribution in [0.1, 0.15) is 36.8 Å². The molecular formula is C67H50N2. The van der Waals surface area contributed by atoms with Gasteiger partial charge in [-0.3, -0.25) is 0 Å². The van der Waals surface area contributed by atoms with Crippen LogP contribution >= 0.6 is 0 Å². The summed E-state index contributed by atoms with van der Waals surface area (Å²) in [6.07, 6.45) is 5.25. The summed E-state index contributed by atoms with van der Waals surface area (Å²) >= 11 is 0. The Labute approximate surface area is 404 Å². The van der Waals surface area contributed by atoms with E-state index >= 15 is 0 Å². The molecule has 0 N–H and O–H groups in total. The van der Waals surface area contributed by atoms with Crippen LogP contribution in [-0.2, 0) is 5.41 Å². The van der Waals surface area contributed by atoms with Gasteiger partial charge in [-0.05, 0) is 141 Å². The highest BCUT2D eigenvalue weighted by molar-refractivity contribution is 6.11. The van der Waals surface area contributed by atoms with Crippen LogP contribution < -0.4 is 4.90 Å². The average Bonchev–Trinajstić information content (AvgIpc) is 4.20. The first-order chi connectivity index (χ1) is 34.2. The predicted octanol–water partition coefficient (Wildman–Crippen LogP) is 18.0. The van der Waals surface area contributed by atoms with Gasteiger partial charge in [-0.2, -0.15) is 0 Å². The monoisotopic (exact) mass is 882 g/mol. The van der Waals surface area contributed by atoms with E-state index in [0.29, 0.717) is 5.92 Å². The molecule has 0 radical (unpaired) electrons. The van der Waals surface area contributed by atoms with Crippen molar-refractivity contribution in [2.75, 3.05) is 4.90 Å². The fourth-order valence-corrected chi connectivity index (χ4v) is 13.3. The van der Waals surface area contributed by atoms with Crippen molar-refractivity contribution < 1.29 is 0 Å². The Morgan fingerprint density at radius 1 is 0.391 bits per heavy atom. The molecule has 3 aliphatic carbocycles. The molecule has 1 spiro atoms. The van der Waals surface area contributed by atoms with Gasteiger partial charge in [0.2, 0.25) is 0 Å². The van der Waals surface area contributed by atoms with Crippen LogP contribution in [0.2, 0.25) is 0 Å². The lowest BCUT2D eigenvalue weighted by Crippen LogP contribution is -2.31. The number of aromatic nitrogens is 1. The molecule has 2 heteroatoms. The van der Waals surface area contributed by atoms with E-state index in [0.717, 1.165) is 17.3 Å². The first-order valence-corrected chi connectivity index (χ1v) is 24.8. The van der Waals surface area contributed by atoms with Crippen molar-refractivity contribution in [2.24, 2.45) is 11.8 Å². The zero-order valence-corrected chi connectivity index (χ0v) is 38.5. The zero-order valence-electron chi connectivity index (χ0n) is 38.5. The van der Waals surface area contributed by atoms with Crippen LogP contribution in [-0.4, -0.2) is 4.57 Å². The van der Waals surface area contributed by atoms with Crippen LogP contribution in [0, 0.1) is 11.8 Å². The summed E-state index contributed by atoms with van der Waals surface area (Å²) in [6, 6.07) is 90.4. The summed E-state index contributed by atoms with van der Waals surface area (Å²) in [5.41, 5.74) is 22.6. The third-order valence-corrected chi connectivity index (χ3v) is 16.1. The summed E-state index contributed by atoms with van der Waals surface area (Å²) in [5, 5.41) is 2.51. The molecule has 11 aromatic rings. The Kier molecular flexibility index (Phi) is 9.24. The Hall–Kier alpha value is -8.20. The Bertz CT molecular complexity index is 3770. The molecule has 69 heavy (non-hydrogen) atoms.